The molecule has 1 atom stereocenters. The normalized spacial score (nSPS) is 20.5. The van der Waals surface area contributed by atoms with Crippen molar-refractivity contribution in [1.82, 2.24) is 0 Å². The van der Waals surface area contributed by atoms with Crippen LogP contribution in [0.4, 0.5) is 4.39 Å². The summed E-state index contributed by atoms with van der Waals surface area (Å²) in [6.07, 6.45) is 0. The van der Waals surface area contributed by atoms with E-state index in [-0.39, 0.29) is 5.82 Å². The Kier molecular flexibility index (Phi) is 1.65. The van der Waals surface area contributed by atoms with Crippen LogP contribution in [-0.4, -0.2) is 5.97 Å². The fourth-order valence-corrected chi connectivity index (χ4v) is 1.68. The van der Waals surface area contributed by atoms with E-state index in [1.54, 1.807) is 0 Å². The molecule has 1 aliphatic heterocycles. The Labute approximate surface area is 76.5 Å². The minimum absolute atomic E-state index is 0.364. The molecular weight excluding hydrogens is 227 g/mol. The molecule has 2 rings (SSSR count). The summed E-state index contributed by atoms with van der Waals surface area (Å²) in [6, 6.07) is 3.96. The second kappa shape index (κ2) is 2.55. The van der Waals surface area contributed by atoms with Crippen molar-refractivity contribution >= 4 is 21.9 Å². The predicted molar refractivity (Wildman–Crippen MR) is 43.5 cm³/mol. The molecular formula is C8H4BrFO2. The molecule has 62 valence electrons. The molecule has 4 heteroatoms. The van der Waals surface area contributed by atoms with Crippen LogP contribution in [0.5, 0.6) is 0 Å². The molecule has 0 aliphatic carbocycles. The Bertz CT molecular complexity index is 351. The Balaban J connectivity index is 2.60. The van der Waals surface area contributed by atoms with Gasteiger partial charge in [0.1, 0.15) is 5.82 Å². The van der Waals surface area contributed by atoms with Gasteiger partial charge in [-0.3, -0.25) is 0 Å². The smallest absolute Gasteiger partial charge is 0.340 e. The zero-order valence-electron chi connectivity index (χ0n) is 5.88. The third-order valence-corrected chi connectivity index (χ3v) is 2.37. The molecule has 0 N–H and O–H groups in total. The Morgan fingerprint density at radius 1 is 1.50 bits per heavy atom. The lowest BCUT2D eigenvalue weighted by Gasteiger charge is -1.98. The molecule has 12 heavy (non-hydrogen) atoms. The van der Waals surface area contributed by atoms with Crippen molar-refractivity contribution in [2.45, 2.75) is 5.01 Å². The van der Waals surface area contributed by atoms with Crippen LogP contribution in [0, 0.1) is 5.82 Å². The van der Waals surface area contributed by atoms with Gasteiger partial charge in [-0.1, -0.05) is 0 Å². The molecule has 2 nitrogen and oxygen atoms in total. The van der Waals surface area contributed by atoms with Gasteiger partial charge in [-0.05, 0) is 34.1 Å². The van der Waals surface area contributed by atoms with Crippen molar-refractivity contribution < 1.29 is 13.9 Å². The fraction of sp³-hybridized carbons (Fsp3) is 0.125. The van der Waals surface area contributed by atoms with E-state index in [0.717, 1.165) is 0 Å². The van der Waals surface area contributed by atoms with E-state index in [1.165, 1.54) is 18.2 Å². The zero-order valence-corrected chi connectivity index (χ0v) is 7.47. The summed E-state index contributed by atoms with van der Waals surface area (Å²) in [7, 11) is 0. The average molecular weight is 231 g/mol. The van der Waals surface area contributed by atoms with E-state index in [4.69, 9.17) is 4.74 Å². The maximum absolute atomic E-state index is 12.7. The molecule has 0 aromatic heterocycles. The number of rotatable bonds is 0. The number of ether oxygens (including phenoxy) is 1. The van der Waals surface area contributed by atoms with Gasteiger partial charge in [0.2, 0.25) is 0 Å². The summed E-state index contributed by atoms with van der Waals surface area (Å²) in [4.78, 5) is 11.0. The fourth-order valence-electron chi connectivity index (χ4n) is 1.13. The summed E-state index contributed by atoms with van der Waals surface area (Å²) in [5.74, 6) is -0.775. The van der Waals surface area contributed by atoms with Crippen molar-refractivity contribution in [2.75, 3.05) is 0 Å². The predicted octanol–water partition coefficient (Wildman–Crippen LogP) is 2.39. The second-order valence-electron chi connectivity index (χ2n) is 2.45. The Morgan fingerprint density at radius 2 is 2.25 bits per heavy atom. The highest BCUT2D eigenvalue weighted by atomic mass is 79.9. The zero-order chi connectivity index (χ0) is 8.72. The van der Waals surface area contributed by atoms with Gasteiger partial charge in [0.25, 0.3) is 0 Å². The van der Waals surface area contributed by atoms with Crippen LogP contribution in [0.3, 0.4) is 0 Å². The lowest BCUT2D eigenvalue weighted by atomic mass is 10.1. The van der Waals surface area contributed by atoms with Gasteiger partial charge in [0.15, 0.2) is 5.01 Å². The van der Waals surface area contributed by atoms with Gasteiger partial charge >= 0.3 is 5.97 Å². The number of hydrogen-bond donors (Lipinski definition) is 0. The summed E-state index contributed by atoms with van der Waals surface area (Å²) in [5.41, 5.74) is 0.985. The Morgan fingerprint density at radius 3 is 3.00 bits per heavy atom. The second-order valence-corrected chi connectivity index (χ2v) is 3.28. The first-order valence-electron chi connectivity index (χ1n) is 3.33. The Hall–Kier alpha value is -0.900. The number of hydrogen-bond acceptors (Lipinski definition) is 2. The SMILES string of the molecule is O=C1OC(Br)c2cc(F)ccc21. The maximum Gasteiger partial charge on any atom is 0.340 e. The van der Waals surface area contributed by atoms with Crippen LogP contribution < -0.4 is 0 Å². The monoisotopic (exact) mass is 230 g/mol. The number of carbonyl (C=O) groups excluding carboxylic acids is 1. The standard InChI is InChI=1S/C8H4BrFO2/c9-7-6-3-4(10)1-2-5(6)8(11)12-7/h1-3,7H. The van der Waals surface area contributed by atoms with Gasteiger partial charge in [-0.15, -0.1) is 0 Å². The molecule has 1 heterocycles. The third kappa shape index (κ3) is 1.03. The number of fused-ring (bicyclic) bond motifs is 1. The maximum atomic E-state index is 12.7. The average Bonchev–Trinajstić information content (AvgIpc) is 2.28. The van der Waals surface area contributed by atoms with Crippen molar-refractivity contribution in [3.05, 3.63) is 35.1 Å². The van der Waals surface area contributed by atoms with E-state index < -0.39 is 11.0 Å². The molecule has 0 saturated heterocycles. The molecule has 0 radical (unpaired) electrons. The van der Waals surface area contributed by atoms with Crippen molar-refractivity contribution in [3.8, 4) is 0 Å². The van der Waals surface area contributed by atoms with Gasteiger partial charge in [0.05, 0.1) is 5.56 Å². The van der Waals surface area contributed by atoms with E-state index in [9.17, 15) is 9.18 Å². The first kappa shape index (κ1) is 7.73. The lowest BCUT2D eigenvalue weighted by molar-refractivity contribution is 0.0530. The van der Waals surface area contributed by atoms with Crippen LogP contribution >= 0.6 is 15.9 Å². The number of cyclic esters (lactones) is 1. The van der Waals surface area contributed by atoms with Gasteiger partial charge in [-0.2, -0.15) is 0 Å². The van der Waals surface area contributed by atoms with Crippen LogP contribution in [0.2, 0.25) is 0 Å². The van der Waals surface area contributed by atoms with Gasteiger partial charge in [0, 0.05) is 5.56 Å². The van der Waals surface area contributed by atoms with Crippen molar-refractivity contribution in [3.63, 3.8) is 0 Å². The summed E-state index contributed by atoms with van der Waals surface area (Å²) in [5, 5.41) is -0.504. The molecule has 1 aromatic rings. The molecule has 0 spiro atoms. The molecule has 0 amide bonds. The molecule has 1 unspecified atom stereocenters. The summed E-state index contributed by atoms with van der Waals surface area (Å²) in [6.45, 7) is 0. The minimum Gasteiger partial charge on any atom is -0.442 e. The highest BCUT2D eigenvalue weighted by Crippen LogP contribution is 2.35. The molecule has 0 bridgehead atoms. The van der Waals surface area contributed by atoms with E-state index in [0.29, 0.717) is 11.1 Å². The van der Waals surface area contributed by atoms with Crippen LogP contribution in [0.15, 0.2) is 18.2 Å². The molecule has 0 saturated carbocycles. The van der Waals surface area contributed by atoms with Gasteiger partial charge in [-0.25, -0.2) is 9.18 Å². The number of carbonyl (C=O) groups is 1. The molecule has 1 aromatic carbocycles. The van der Waals surface area contributed by atoms with Gasteiger partial charge < -0.3 is 4.74 Å². The van der Waals surface area contributed by atoms with E-state index >= 15 is 0 Å². The van der Waals surface area contributed by atoms with Crippen LogP contribution in [-0.2, 0) is 4.74 Å². The minimum atomic E-state index is -0.504. The molecule has 0 fully saturated rings. The summed E-state index contributed by atoms with van der Waals surface area (Å²) >= 11 is 3.10. The van der Waals surface area contributed by atoms with Crippen molar-refractivity contribution in [1.29, 1.82) is 0 Å². The highest BCUT2D eigenvalue weighted by Gasteiger charge is 2.28. The quantitative estimate of drug-likeness (QED) is 0.506. The number of benzene rings is 1. The number of halogens is 2. The topological polar surface area (TPSA) is 26.3 Å². The molecule has 1 aliphatic rings. The number of alkyl halides is 1. The first-order chi connectivity index (χ1) is 5.68. The first-order valence-corrected chi connectivity index (χ1v) is 4.24. The van der Waals surface area contributed by atoms with Crippen molar-refractivity contribution in [2.24, 2.45) is 0 Å². The largest absolute Gasteiger partial charge is 0.442 e. The van der Waals surface area contributed by atoms with Crippen LogP contribution in [0.1, 0.15) is 20.9 Å². The number of esters is 1. The summed E-state index contributed by atoms with van der Waals surface area (Å²) < 4.78 is 17.5. The van der Waals surface area contributed by atoms with E-state index in [1.807, 2.05) is 0 Å². The lowest BCUT2D eigenvalue weighted by Crippen LogP contribution is -1.93. The van der Waals surface area contributed by atoms with Crippen LogP contribution in [0.25, 0.3) is 0 Å². The highest BCUT2D eigenvalue weighted by molar-refractivity contribution is 9.09. The van der Waals surface area contributed by atoms with E-state index in [2.05, 4.69) is 15.9 Å². The third-order valence-electron chi connectivity index (χ3n) is 1.69.